The molecule has 14 heteroatoms. The molecule has 0 bridgehead atoms. The Morgan fingerprint density at radius 3 is 2.68 bits per heavy atom. The molecule has 0 amide bonds. The van der Waals surface area contributed by atoms with Gasteiger partial charge >= 0.3 is 5.97 Å². The third kappa shape index (κ3) is 6.11. The van der Waals surface area contributed by atoms with E-state index in [0.717, 1.165) is 0 Å². The number of carboxylic acids is 1. The Hall–Kier alpha value is -4.98. The molecule has 5 N–H and O–H groups in total. The summed E-state index contributed by atoms with van der Waals surface area (Å²) >= 11 is 0. The molecule has 3 heterocycles. The molecule has 0 saturated heterocycles. The number of rotatable bonds is 11. The van der Waals surface area contributed by atoms with Gasteiger partial charge in [0.1, 0.15) is 29.7 Å². The normalized spacial score (nSPS) is 11.6. The van der Waals surface area contributed by atoms with Gasteiger partial charge in [0, 0.05) is 29.1 Å². The van der Waals surface area contributed by atoms with E-state index < -0.39 is 16.0 Å². The summed E-state index contributed by atoms with van der Waals surface area (Å²) in [6.45, 7) is 1.80. The smallest absolute Gasteiger partial charge is 0.305 e. The fourth-order valence-corrected chi connectivity index (χ4v) is 4.82. The topological polar surface area (TPSA) is 178 Å². The number of fused-ring (bicyclic) bond motifs is 1. The number of nitrogens with zero attached hydrogens (tertiary/aromatic N) is 4. The summed E-state index contributed by atoms with van der Waals surface area (Å²) < 4.78 is 48.0. The van der Waals surface area contributed by atoms with Crippen molar-refractivity contribution < 1.29 is 27.4 Å². The molecule has 0 spiro atoms. The number of nitrogen functional groups attached to an aromatic ring is 1. The number of sulfonamides is 1. The quantitative estimate of drug-likeness (QED) is 0.180. The van der Waals surface area contributed by atoms with Crippen LogP contribution in [-0.2, 0) is 28.0 Å². The molecule has 212 valence electrons. The molecule has 0 aliphatic rings. The molecule has 3 aromatic heterocycles. The van der Waals surface area contributed by atoms with E-state index in [1.165, 1.54) is 23.7 Å². The summed E-state index contributed by atoms with van der Waals surface area (Å²) in [6.07, 6.45) is 4.83. The van der Waals surface area contributed by atoms with Gasteiger partial charge in [0.2, 0.25) is 10.0 Å². The van der Waals surface area contributed by atoms with E-state index in [2.05, 4.69) is 25.0 Å². The first kappa shape index (κ1) is 27.6. The Morgan fingerprint density at radius 2 is 1.95 bits per heavy atom. The van der Waals surface area contributed by atoms with Crippen LogP contribution in [0.25, 0.3) is 33.3 Å². The van der Waals surface area contributed by atoms with Crippen LogP contribution in [0.1, 0.15) is 18.9 Å². The van der Waals surface area contributed by atoms with Crippen molar-refractivity contribution in [2.45, 2.75) is 26.5 Å². The van der Waals surface area contributed by atoms with Gasteiger partial charge in [-0.05, 0) is 36.8 Å². The minimum absolute atomic E-state index is 0.0611. The zero-order chi connectivity index (χ0) is 29.1. The van der Waals surface area contributed by atoms with Crippen molar-refractivity contribution in [1.82, 2.24) is 25.0 Å². The molecular weight excluding hydrogens is 553 g/mol. The first-order valence-electron chi connectivity index (χ1n) is 12.5. The lowest BCUT2D eigenvalue weighted by molar-refractivity contribution is -0.137. The highest BCUT2D eigenvalue weighted by Gasteiger charge is 2.20. The van der Waals surface area contributed by atoms with Gasteiger partial charge in [0.05, 0.1) is 41.5 Å². The van der Waals surface area contributed by atoms with Crippen LogP contribution in [-0.4, -0.2) is 50.2 Å². The molecule has 12 nitrogen and oxygen atoms in total. The maximum Gasteiger partial charge on any atom is 0.305 e. The highest BCUT2D eigenvalue weighted by molar-refractivity contribution is 7.92. The lowest BCUT2D eigenvalue weighted by atomic mass is 10.0. The number of carboxylic acid groups (broad SMARTS) is 1. The second-order valence-electron chi connectivity index (χ2n) is 9.15. The number of aromatic amines is 1. The maximum atomic E-state index is 13.3. The number of ether oxygens (including phenoxy) is 1. The minimum atomic E-state index is -3.61. The van der Waals surface area contributed by atoms with Crippen molar-refractivity contribution in [2.24, 2.45) is 0 Å². The number of aliphatic carboxylic acids is 1. The van der Waals surface area contributed by atoms with E-state index in [0.29, 0.717) is 38.9 Å². The Labute approximate surface area is 234 Å². The van der Waals surface area contributed by atoms with Gasteiger partial charge in [-0.25, -0.2) is 17.8 Å². The largest absolute Gasteiger partial charge is 0.487 e. The number of aryl methyl sites for hydroxylation is 1. The van der Waals surface area contributed by atoms with E-state index in [1.807, 2.05) is 0 Å². The molecule has 0 unspecified atom stereocenters. The molecule has 0 atom stereocenters. The highest BCUT2D eigenvalue weighted by atomic mass is 32.2. The molecule has 5 aromatic rings. The fourth-order valence-electron chi connectivity index (χ4n) is 4.17. The molecule has 0 aliphatic heterocycles. The number of benzene rings is 2. The molecule has 0 saturated carbocycles. The van der Waals surface area contributed by atoms with Crippen LogP contribution in [0.2, 0.25) is 0 Å². The summed E-state index contributed by atoms with van der Waals surface area (Å²) in [6, 6.07) is 10.7. The van der Waals surface area contributed by atoms with Gasteiger partial charge < -0.3 is 15.6 Å². The third-order valence-electron chi connectivity index (χ3n) is 6.33. The van der Waals surface area contributed by atoms with Crippen LogP contribution in [0.15, 0.2) is 61.1 Å². The number of hydrogen-bond acceptors (Lipinski definition) is 8. The third-order valence-corrected chi connectivity index (χ3v) is 7.62. The molecule has 0 aliphatic carbocycles. The number of anilines is 2. The molecule has 41 heavy (non-hydrogen) atoms. The van der Waals surface area contributed by atoms with Gasteiger partial charge in [-0.2, -0.15) is 10.2 Å². The lowest BCUT2D eigenvalue weighted by Crippen LogP contribution is -2.15. The van der Waals surface area contributed by atoms with Gasteiger partial charge in [-0.3, -0.25) is 19.3 Å². The Balaban J connectivity index is 1.53. The summed E-state index contributed by atoms with van der Waals surface area (Å²) in [5.41, 5.74) is 10.2. The number of nitrogens with two attached hydrogens (primary N) is 1. The molecule has 5 rings (SSSR count). The van der Waals surface area contributed by atoms with Gasteiger partial charge in [-0.15, -0.1) is 0 Å². The number of carbonyl (C=O) groups is 1. The number of hydrogen-bond donors (Lipinski definition) is 4. The Morgan fingerprint density at radius 1 is 1.17 bits per heavy atom. The number of halogens is 1. The van der Waals surface area contributed by atoms with Gasteiger partial charge in [-0.1, -0.05) is 18.2 Å². The summed E-state index contributed by atoms with van der Waals surface area (Å²) in [7, 11) is -3.61. The maximum absolute atomic E-state index is 13.3. The van der Waals surface area contributed by atoms with Crippen molar-refractivity contribution in [3.63, 3.8) is 0 Å². The van der Waals surface area contributed by atoms with Crippen LogP contribution >= 0.6 is 0 Å². The van der Waals surface area contributed by atoms with Crippen molar-refractivity contribution in [3.8, 4) is 28.1 Å². The predicted molar refractivity (Wildman–Crippen MR) is 151 cm³/mol. The number of nitrogens with one attached hydrogen (secondary N) is 2. The number of pyridine rings is 1. The SMILES string of the molecule is CCS(=O)(=O)Nc1ccc(-c2n[nH]c3c(-c4cnn(CCC(=O)O)c4)cnc(N)c23)cc1OCc1ccc(F)cc1. The summed E-state index contributed by atoms with van der Waals surface area (Å²) in [5.74, 6) is -0.978. The fraction of sp³-hybridized carbons (Fsp3) is 0.185. The van der Waals surface area contributed by atoms with Crippen LogP contribution in [0.5, 0.6) is 5.75 Å². The van der Waals surface area contributed by atoms with Crippen molar-refractivity contribution in [3.05, 3.63) is 72.4 Å². The first-order valence-corrected chi connectivity index (χ1v) is 14.2. The molecule has 0 radical (unpaired) electrons. The van der Waals surface area contributed by atoms with E-state index in [-0.39, 0.29) is 48.4 Å². The lowest BCUT2D eigenvalue weighted by Gasteiger charge is -2.15. The highest BCUT2D eigenvalue weighted by Crippen LogP contribution is 2.38. The average Bonchev–Trinajstić information content (AvgIpc) is 3.61. The van der Waals surface area contributed by atoms with Crippen LogP contribution in [0.3, 0.4) is 0 Å². The Kier molecular flexibility index (Phi) is 7.57. The van der Waals surface area contributed by atoms with Crippen LogP contribution in [0.4, 0.5) is 15.9 Å². The summed E-state index contributed by atoms with van der Waals surface area (Å²) in [5, 5.41) is 21.2. The first-order chi connectivity index (χ1) is 19.6. The zero-order valence-corrected chi connectivity index (χ0v) is 22.7. The summed E-state index contributed by atoms with van der Waals surface area (Å²) in [4.78, 5) is 15.3. The van der Waals surface area contributed by atoms with E-state index >= 15 is 0 Å². The monoisotopic (exact) mass is 579 g/mol. The second kappa shape index (κ2) is 11.3. The second-order valence-corrected chi connectivity index (χ2v) is 11.2. The molecule has 0 fully saturated rings. The van der Waals surface area contributed by atoms with Gasteiger partial charge in [0.15, 0.2) is 0 Å². The van der Waals surface area contributed by atoms with Crippen molar-refractivity contribution in [2.75, 3.05) is 16.2 Å². The van der Waals surface area contributed by atoms with Crippen LogP contribution < -0.4 is 15.2 Å². The number of aromatic nitrogens is 5. The van der Waals surface area contributed by atoms with Crippen molar-refractivity contribution >= 4 is 38.4 Å². The van der Waals surface area contributed by atoms with Gasteiger partial charge in [0.25, 0.3) is 0 Å². The number of H-pyrrole nitrogens is 1. The predicted octanol–water partition coefficient (Wildman–Crippen LogP) is 4.03. The average molecular weight is 580 g/mol. The van der Waals surface area contributed by atoms with Crippen molar-refractivity contribution in [1.29, 1.82) is 0 Å². The van der Waals surface area contributed by atoms with E-state index in [4.69, 9.17) is 15.6 Å². The standard InChI is InChI=1S/C27H26FN7O5S/c1-2-41(38,39)34-21-8-5-17(11-22(21)40-15-16-3-6-19(28)7-4-16)25-24-26(33-32-25)20(13-30-27(24)29)18-12-31-35(14-18)10-9-23(36)37/h3-8,11-14,34H,2,9-10,15H2,1H3,(H2,29,30)(H,32,33)(H,36,37). The zero-order valence-electron chi connectivity index (χ0n) is 21.8. The Bertz CT molecular complexity index is 1830. The van der Waals surface area contributed by atoms with Crippen LogP contribution in [0, 0.1) is 5.82 Å². The van der Waals surface area contributed by atoms with E-state index in [9.17, 15) is 17.6 Å². The molecule has 2 aromatic carbocycles. The minimum Gasteiger partial charge on any atom is -0.487 e. The van der Waals surface area contributed by atoms with E-state index in [1.54, 1.807) is 48.9 Å². The molecular formula is C27H26FN7O5S.